The summed E-state index contributed by atoms with van der Waals surface area (Å²) in [5, 5.41) is 1.80. The second-order valence-corrected chi connectivity index (χ2v) is 6.29. The average Bonchev–Trinajstić information content (AvgIpc) is 3.09. The van der Waals surface area contributed by atoms with Crippen molar-refractivity contribution in [1.29, 1.82) is 0 Å². The quantitative estimate of drug-likeness (QED) is 0.722. The summed E-state index contributed by atoms with van der Waals surface area (Å²) in [5.41, 5.74) is 1.20. The summed E-state index contributed by atoms with van der Waals surface area (Å²) in [6.45, 7) is 0.165. The van der Waals surface area contributed by atoms with Gasteiger partial charge in [-0.1, -0.05) is 0 Å². The van der Waals surface area contributed by atoms with E-state index < -0.39 is 5.97 Å². The van der Waals surface area contributed by atoms with E-state index in [0.717, 1.165) is 0 Å². The molecule has 2 heterocycles. The number of rotatable bonds is 4. The number of ether oxygens (including phenoxy) is 1. The smallest absolute Gasteiger partial charge is 0.337 e. The van der Waals surface area contributed by atoms with Crippen molar-refractivity contribution in [3.8, 4) is 0 Å². The van der Waals surface area contributed by atoms with Crippen LogP contribution in [0.1, 0.15) is 26.5 Å². The van der Waals surface area contributed by atoms with Gasteiger partial charge in [0.05, 0.1) is 24.7 Å². The molecule has 0 atom stereocenters. The van der Waals surface area contributed by atoms with Crippen LogP contribution in [0.25, 0.3) is 10.2 Å². The third-order valence-electron chi connectivity index (χ3n) is 3.65. The first-order valence-electron chi connectivity index (χ1n) is 7.40. The monoisotopic (exact) mass is 357 g/mol. The van der Waals surface area contributed by atoms with E-state index in [2.05, 4.69) is 14.7 Å². The Labute approximate surface area is 146 Å². The number of methoxy groups -OCH3 is 1. The van der Waals surface area contributed by atoms with E-state index in [1.807, 2.05) is 0 Å². The molecule has 0 fully saturated rings. The van der Waals surface area contributed by atoms with Gasteiger partial charge < -0.3 is 14.6 Å². The lowest BCUT2D eigenvalue weighted by Crippen LogP contribution is -2.28. The van der Waals surface area contributed by atoms with E-state index in [1.165, 1.54) is 35.5 Å². The lowest BCUT2D eigenvalue weighted by Gasteiger charge is -2.16. The maximum absolute atomic E-state index is 12.5. The van der Waals surface area contributed by atoms with E-state index >= 15 is 0 Å². The molecule has 1 amide bonds. The number of aromatic amines is 1. The van der Waals surface area contributed by atoms with Crippen LogP contribution in [0.4, 0.5) is 0 Å². The molecule has 3 rings (SSSR count). The molecule has 7 nitrogen and oxygen atoms in total. The zero-order valence-electron chi connectivity index (χ0n) is 13.6. The highest BCUT2D eigenvalue weighted by Gasteiger charge is 2.15. The molecule has 0 saturated carbocycles. The molecule has 0 saturated heterocycles. The normalized spacial score (nSPS) is 10.6. The molecule has 0 radical (unpaired) electrons. The van der Waals surface area contributed by atoms with Crippen molar-refractivity contribution in [3.05, 3.63) is 63.0 Å². The maximum atomic E-state index is 12.5. The Morgan fingerprint density at radius 3 is 2.56 bits per heavy atom. The predicted molar refractivity (Wildman–Crippen MR) is 93.8 cm³/mol. The van der Waals surface area contributed by atoms with Crippen molar-refractivity contribution in [2.75, 3.05) is 14.2 Å². The average molecular weight is 357 g/mol. The fraction of sp³-hybridized carbons (Fsp3) is 0.176. The molecule has 2 aromatic heterocycles. The Morgan fingerprint density at radius 1 is 1.20 bits per heavy atom. The number of aromatic nitrogens is 2. The summed E-state index contributed by atoms with van der Waals surface area (Å²) in [6, 6.07) is 7.95. The minimum atomic E-state index is -0.460. The van der Waals surface area contributed by atoms with Gasteiger partial charge in [-0.2, -0.15) is 0 Å². The number of nitrogens with one attached hydrogen (secondary N) is 1. The van der Waals surface area contributed by atoms with E-state index in [1.54, 1.807) is 30.6 Å². The van der Waals surface area contributed by atoms with Crippen LogP contribution in [-0.4, -0.2) is 40.9 Å². The first kappa shape index (κ1) is 16.8. The highest BCUT2D eigenvalue weighted by molar-refractivity contribution is 7.17. The summed E-state index contributed by atoms with van der Waals surface area (Å²) < 4.78 is 5.19. The van der Waals surface area contributed by atoms with Crippen LogP contribution in [0.15, 0.2) is 40.5 Å². The number of fused-ring (bicyclic) bond motifs is 1. The molecule has 128 valence electrons. The fourth-order valence-corrected chi connectivity index (χ4v) is 3.11. The third kappa shape index (κ3) is 3.43. The minimum Gasteiger partial charge on any atom is -0.465 e. The molecule has 8 heteroatoms. The summed E-state index contributed by atoms with van der Waals surface area (Å²) in [6.07, 6.45) is 0. The Balaban J connectivity index is 1.77. The summed E-state index contributed by atoms with van der Waals surface area (Å²) in [7, 11) is 2.92. The first-order valence-corrected chi connectivity index (χ1v) is 8.28. The van der Waals surface area contributed by atoms with Crippen LogP contribution >= 0.6 is 11.3 Å². The van der Waals surface area contributed by atoms with Crippen molar-refractivity contribution < 1.29 is 14.3 Å². The molecule has 1 aromatic carbocycles. The van der Waals surface area contributed by atoms with Gasteiger partial charge in [0, 0.05) is 12.6 Å². The van der Waals surface area contributed by atoms with Gasteiger partial charge in [0.15, 0.2) is 0 Å². The largest absolute Gasteiger partial charge is 0.465 e. The fourth-order valence-electron chi connectivity index (χ4n) is 2.38. The van der Waals surface area contributed by atoms with Crippen LogP contribution < -0.4 is 5.56 Å². The maximum Gasteiger partial charge on any atom is 0.337 e. The zero-order chi connectivity index (χ0) is 18.0. The number of carbonyl (C=O) groups excluding carboxylic acids is 2. The van der Waals surface area contributed by atoms with Crippen molar-refractivity contribution in [1.82, 2.24) is 14.9 Å². The van der Waals surface area contributed by atoms with Crippen LogP contribution in [0.3, 0.4) is 0 Å². The van der Waals surface area contributed by atoms with Gasteiger partial charge in [0.2, 0.25) is 0 Å². The minimum absolute atomic E-state index is 0.165. The molecule has 0 bridgehead atoms. The predicted octanol–water partition coefficient (Wildman–Crippen LogP) is 2.04. The number of amides is 1. The molecule has 25 heavy (non-hydrogen) atoms. The number of carbonyl (C=O) groups is 2. The third-order valence-corrected chi connectivity index (χ3v) is 4.55. The van der Waals surface area contributed by atoms with Gasteiger partial charge in [0.25, 0.3) is 11.5 Å². The SMILES string of the molecule is COC(=O)c1ccc(C(=O)N(C)Cc2nc3ccsc3c(=O)[nH]2)cc1. The zero-order valence-corrected chi connectivity index (χ0v) is 14.4. The first-order chi connectivity index (χ1) is 12.0. The van der Waals surface area contributed by atoms with E-state index in [0.29, 0.717) is 27.2 Å². The van der Waals surface area contributed by atoms with Crippen LogP contribution in [-0.2, 0) is 11.3 Å². The number of hydrogen-bond acceptors (Lipinski definition) is 6. The Bertz CT molecular complexity index is 991. The van der Waals surface area contributed by atoms with Gasteiger partial charge in [-0.05, 0) is 35.7 Å². The number of H-pyrrole nitrogens is 1. The van der Waals surface area contributed by atoms with Crippen molar-refractivity contribution >= 4 is 33.4 Å². The van der Waals surface area contributed by atoms with E-state index in [4.69, 9.17) is 0 Å². The van der Waals surface area contributed by atoms with Crippen molar-refractivity contribution in [2.24, 2.45) is 0 Å². The number of nitrogens with zero attached hydrogens (tertiary/aromatic N) is 2. The number of hydrogen-bond donors (Lipinski definition) is 1. The van der Waals surface area contributed by atoms with Crippen LogP contribution in [0.2, 0.25) is 0 Å². The lowest BCUT2D eigenvalue weighted by atomic mass is 10.1. The molecular formula is C17H15N3O4S. The van der Waals surface area contributed by atoms with Crippen LogP contribution in [0.5, 0.6) is 0 Å². The molecule has 0 aliphatic heterocycles. The van der Waals surface area contributed by atoms with Gasteiger partial charge in [-0.25, -0.2) is 9.78 Å². The molecular weight excluding hydrogens is 342 g/mol. The lowest BCUT2D eigenvalue weighted by molar-refractivity contribution is 0.0600. The van der Waals surface area contributed by atoms with Gasteiger partial charge in [0.1, 0.15) is 10.5 Å². The molecule has 1 N–H and O–H groups in total. The van der Waals surface area contributed by atoms with Gasteiger partial charge in [-0.15, -0.1) is 11.3 Å². The second kappa shape index (κ2) is 6.86. The summed E-state index contributed by atoms with van der Waals surface area (Å²) in [5.74, 6) is -0.291. The van der Waals surface area contributed by atoms with Gasteiger partial charge >= 0.3 is 5.97 Å². The molecule has 0 spiro atoms. The van der Waals surface area contributed by atoms with Crippen LogP contribution in [0, 0.1) is 0 Å². The number of thiophene rings is 1. The highest BCUT2D eigenvalue weighted by Crippen LogP contribution is 2.14. The highest BCUT2D eigenvalue weighted by atomic mass is 32.1. The Hall–Kier alpha value is -3.00. The van der Waals surface area contributed by atoms with Crippen molar-refractivity contribution in [3.63, 3.8) is 0 Å². The number of benzene rings is 1. The molecule has 0 aliphatic carbocycles. The summed E-state index contributed by atoms with van der Waals surface area (Å²) in [4.78, 5) is 44.4. The summed E-state index contributed by atoms with van der Waals surface area (Å²) >= 11 is 1.33. The second-order valence-electron chi connectivity index (χ2n) is 5.38. The van der Waals surface area contributed by atoms with Crippen molar-refractivity contribution in [2.45, 2.75) is 6.54 Å². The Morgan fingerprint density at radius 2 is 1.88 bits per heavy atom. The Kier molecular flexibility index (Phi) is 4.62. The standard InChI is InChI=1S/C17H15N3O4S/c1-20(9-13-18-12-7-8-25-14(12)15(21)19-13)16(22)10-3-5-11(6-4-10)17(23)24-2/h3-8H,9H2,1-2H3,(H,18,19,21). The molecule has 0 unspecified atom stereocenters. The van der Waals surface area contributed by atoms with E-state index in [-0.39, 0.29) is 18.0 Å². The topological polar surface area (TPSA) is 92.4 Å². The number of esters is 1. The molecule has 0 aliphatic rings. The van der Waals surface area contributed by atoms with E-state index in [9.17, 15) is 14.4 Å². The van der Waals surface area contributed by atoms with Gasteiger partial charge in [-0.3, -0.25) is 9.59 Å². The molecule has 3 aromatic rings.